The molecule has 2 fully saturated rings. The Morgan fingerprint density at radius 1 is 1.13 bits per heavy atom. The monoisotopic (exact) mass is 533 g/mol. The standard InChI is InChI=1S/C31H41N5O3/c1-3-23-20-32-31(33-21-23)36-16-12-24(13-17-36)22-39-29-10-8-26(9-11-29)25-4-6-27(7-5-25)30(37)35-18-14-28(15-19-35)34-38-2/h4,8-11,20-21,24,27H,3,5-7,12-19,22H2,1-2H3/p+2. The molecule has 8 nitrogen and oxygen atoms in total. The first-order valence-electron chi connectivity index (χ1n) is 14.6. The molecule has 0 spiro atoms. The minimum absolute atomic E-state index is 0.202. The van der Waals surface area contributed by atoms with E-state index in [-0.39, 0.29) is 5.92 Å². The molecule has 1 unspecified atom stereocenters. The molecule has 1 aliphatic carbocycles. The van der Waals surface area contributed by atoms with Crippen molar-refractivity contribution in [1.82, 2.24) is 4.98 Å². The van der Waals surface area contributed by atoms with Crippen molar-refractivity contribution >= 4 is 23.1 Å². The molecule has 2 N–H and O–H groups in total. The first kappa shape index (κ1) is 27.2. The Labute approximate surface area is 232 Å². The lowest BCUT2D eigenvalue weighted by atomic mass is 9.86. The van der Waals surface area contributed by atoms with E-state index in [4.69, 9.17) is 9.57 Å². The van der Waals surface area contributed by atoms with Crippen molar-refractivity contribution in [3.05, 3.63) is 53.9 Å². The van der Waals surface area contributed by atoms with Gasteiger partial charge in [-0.3, -0.25) is 4.90 Å². The fourth-order valence-electron chi connectivity index (χ4n) is 5.84. The van der Waals surface area contributed by atoms with Crippen LogP contribution in [0.1, 0.15) is 63.0 Å². The number of aryl methyl sites for hydroxylation is 1. The van der Waals surface area contributed by atoms with E-state index in [0.29, 0.717) is 11.8 Å². The molecule has 3 aliphatic rings. The summed E-state index contributed by atoms with van der Waals surface area (Å²) in [5.74, 6) is 3.22. The number of nitrogens with zero attached hydrogens (tertiary/aromatic N) is 4. The van der Waals surface area contributed by atoms with Crippen LogP contribution < -0.4 is 14.6 Å². The molecule has 1 atom stereocenters. The van der Waals surface area contributed by atoms with Gasteiger partial charge in [-0.25, -0.2) is 9.56 Å². The average molecular weight is 534 g/mol. The molecule has 2 aliphatic heterocycles. The lowest BCUT2D eigenvalue weighted by Crippen LogP contribution is -2.39. The van der Waals surface area contributed by atoms with Crippen molar-refractivity contribution < 1.29 is 24.2 Å². The number of benzene rings is 1. The predicted molar refractivity (Wildman–Crippen MR) is 154 cm³/mol. The van der Waals surface area contributed by atoms with Crippen molar-refractivity contribution in [3.8, 4) is 5.75 Å². The van der Waals surface area contributed by atoms with Gasteiger partial charge in [-0.2, -0.15) is 0 Å². The quantitative estimate of drug-likeness (QED) is 0.302. The predicted octanol–water partition coefficient (Wildman–Crippen LogP) is 4.70. The normalized spacial score (nSPS) is 20.4. The Kier molecular flexibility index (Phi) is 9.12. The summed E-state index contributed by atoms with van der Waals surface area (Å²) in [6.45, 7) is 6.53. The molecule has 0 saturated carbocycles. The number of nitrogens with one attached hydrogen (secondary N) is 1. The van der Waals surface area contributed by atoms with Gasteiger partial charge in [-0.05, 0) is 67.7 Å². The number of aliphatic hydroxyl groups is 1. The highest BCUT2D eigenvalue weighted by atomic mass is 16.6. The number of allylic oxidation sites excluding steroid dienone is 2. The number of hydrogen-bond donors (Lipinski definition) is 1. The smallest absolute Gasteiger partial charge is 0.391 e. The molecule has 208 valence electrons. The number of aromatic nitrogens is 2. The van der Waals surface area contributed by atoms with Crippen LogP contribution in [-0.2, 0) is 11.3 Å². The van der Waals surface area contributed by atoms with Crippen LogP contribution in [0.25, 0.3) is 5.57 Å². The molecule has 0 amide bonds. The number of anilines is 1. The highest BCUT2D eigenvalue weighted by molar-refractivity contribution is 5.85. The summed E-state index contributed by atoms with van der Waals surface area (Å²) >= 11 is 0. The summed E-state index contributed by atoms with van der Waals surface area (Å²) in [4.78, 5) is 15.2. The van der Waals surface area contributed by atoms with Crippen molar-refractivity contribution in [1.29, 1.82) is 0 Å². The number of oxime groups is 1. The maximum Gasteiger partial charge on any atom is 0.391 e. The SMILES string of the molecule is CCc1cnc(N2CCC(COc3ccc(C4=CCC(C(O)=[N+]5CCC(=NOC)CC5)CC4)cc3)CC2)[nH+]c1. The second kappa shape index (κ2) is 13.1. The molecule has 0 radical (unpaired) electrons. The second-order valence-electron chi connectivity index (χ2n) is 11.0. The zero-order chi connectivity index (χ0) is 27.0. The Bertz CT molecular complexity index is 1170. The first-order chi connectivity index (χ1) is 19.1. The van der Waals surface area contributed by atoms with E-state index in [1.165, 1.54) is 16.7 Å². The third-order valence-corrected chi connectivity index (χ3v) is 8.43. The van der Waals surface area contributed by atoms with Crippen molar-refractivity contribution in [3.63, 3.8) is 0 Å². The summed E-state index contributed by atoms with van der Waals surface area (Å²) in [6.07, 6.45) is 14.1. The van der Waals surface area contributed by atoms with Crippen LogP contribution in [0.15, 0.2) is 47.9 Å². The maximum atomic E-state index is 10.9. The van der Waals surface area contributed by atoms with E-state index >= 15 is 0 Å². The van der Waals surface area contributed by atoms with E-state index in [9.17, 15) is 5.11 Å². The Morgan fingerprint density at radius 2 is 1.90 bits per heavy atom. The summed E-state index contributed by atoms with van der Waals surface area (Å²) in [5.41, 5.74) is 4.93. The number of aliphatic hydroxyl groups excluding tert-OH is 1. The van der Waals surface area contributed by atoms with Gasteiger partial charge in [0.1, 0.15) is 19.1 Å². The fourth-order valence-corrected chi connectivity index (χ4v) is 5.84. The molecule has 1 aromatic carbocycles. The molecule has 8 heteroatoms. The number of ether oxygens (including phenoxy) is 1. The van der Waals surface area contributed by atoms with Gasteiger partial charge < -0.3 is 14.7 Å². The number of piperidine rings is 2. The van der Waals surface area contributed by atoms with Crippen molar-refractivity contribution in [2.45, 2.75) is 58.3 Å². The lowest BCUT2D eigenvalue weighted by Gasteiger charge is -2.27. The van der Waals surface area contributed by atoms with E-state index in [2.05, 4.69) is 68.1 Å². The summed E-state index contributed by atoms with van der Waals surface area (Å²) in [5, 5.41) is 15.0. The number of hydrogen-bond acceptors (Lipinski definition) is 5. The van der Waals surface area contributed by atoms with Crippen LogP contribution in [0.5, 0.6) is 5.75 Å². The van der Waals surface area contributed by atoms with Crippen LogP contribution in [0, 0.1) is 11.8 Å². The van der Waals surface area contributed by atoms with E-state index < -0.39 is 0 Å². The minimum atomic E-state index is 0.202. The molecular weight excluding hydrogens is 490 g/mol. The summed E-state index contributed by atoms with van der Waals surface area (Å²) in [7, 11) is 1.59. The van der Waals surface area contributed by atoms with Gasteiger partial charge in [-0.1, -0.05) is 35.3 Å². The molecule has 0 bridgehead atoms. The van der Waals surface area contributed by atoms with Gasteiger partial charge in [0.15, 0.2) is 13.1 Å². The highest BCUT2D eigenvalue weighted by Gasteiger charge is 2.30. The minimum Gasteiger partial charge on any atom is -0.493 e. The van der Waals surface area contributed by atoms with E-state index in [1.54, 1.807) is 7.11 Å². The Morgan fingerprint density at radius 3 is 2.51 bits per heavy atom. The van der Waals surface area contributed by atoms with Crippen LogP contribution in [0.3, 0.4) is 0 Å². The fraction of sp³-hybridized carbons (Fsp3) is 0.548. The van der Waals surface area contributed by atoms with E-state index in [0.717, 1.165) is 102 Å². The van der Waals surface area contributed by atoms with Gasteiger partial charge in [0.2, 0.25) is 0 Å². The van der Waals surface area contributed by atoms with Crippen LogP contribution in [0.4, 0.5) is 5.95 Å². The molecule has 2 aromatic rings. The molecule has 39 heavy (non-hydrogen) atoms. The molecular formula is C31H43N5O3+2. The van der Waals surface area contributed by atoms with E-state index in [1.807, 2.05) is 6.20 Å². The topological polar surface area (TPSA) is 84.3 Å². The van der Waals surface area contributed by atoms with Crippen molar-refractivity contribution in [2.75, 3.05) is 44.8 Å². The molecule has 3 heterocycles. The van der Waals surface area contributed by atoms with Gasteiger partial charge in [0, 0.05) is 18.4 Å². The highest BCUT2D eigenvalue weighted by Crippen LogP contribution is 2.32. The van der Waals surface area contributed by atoms with Crippen LogP contribution in [-0.4, -0.2) is 66.2 Å². The maximum absolute atomic E-state index is 10.9. The van der Waals surface area contributed by atoms with Gasteiger partial charge in [-0.15, -0.1) is 0 Å². The van der Waals surface area contributed by atoms with Gasteiger partial charge in [0.25, 0.3) is 0 Å². The Hall–Kier alpha value is -3.42. The third kappa shape index (κ3) is 6.97. The molecule has 2 saturated heterocycles. The van der Waals surface area contributed by atoms with Crippen molar-refractivity contribution in [2.24, 2.45) is 17.0 Å². The lowest BCUT2D eigenvalue weighted by molar-refractivity contribution is -0.539. The Balaban J connectivity index is 1.07. The number of aromatic amines is 1. The summed E-state index contributed by atoms with van der Waals surface area (Å²) in [6, 6.07) is 8.55. The van der Waals surface area contributed by atoms with Crippen LogP contribution >= 0.6 is 0 Å². The number of H-pyrrole nitrogens is 1. The summed E-state index contributed by atoms with van der Waals surface area (Å²) < 4.78 is 8.30. The average Bonchev–Trinajstić information content (AvgIpc) is 3.01. The molecule has 5 rings (SSSR count). The third-order valence-electron chi connectivity index (χ3n) is 8.43. The van der Waals surface area contributed by atoms with Gasteiger partial charge >= 0.3 is 11.8 Å². The van der Waals surface area contributed by atoms with Crippen LogP contribution in [0.2, 0.25) is 0 Å². The first-order valence-corrected chi connectivity index (χ1v) is 14.6. The molecule has 1 aromatic heterocycles. The zero-order valence-electron chi connectivity index (χ0n) is 23.4. The second-order valence-corrected chi connectivity index (χ2v) is 11.0. The number of rotatable bonds is 8. The van der Waals surface area contributed by atoms with Gasteiger partial charge in [0.05, 0.1) is 37.5 Å². The largest absolute Gasteiger partial charge is 0.493 e. The zero-order valence-corrected chi connectivity index (χ0v) is 23.4.